The van der Waals surface area contributed by atoms with Crippen LogP contribution in [0.15, 0.2) is 34.7 Å². The van der Waals surface area contributed by atoms with Crippen LogP contribution in [0, 0.1) is 43.3 Å². The highest BCUT2D eigenvalue weighted by Crippen LogP contribution is 2.39. The van der Waals surface area contributed by atoms with E-state index in [1.165, 1.54) is 12.1 Å². The molecule has 0 unspecified atom stereocenters. The van der Waals surface area contributed by atoms with Gasteiger partial charge in [0.2, 0.25) is 5.69 Å². The van der Waals surface area contributed by atoms with Gasteiger partial charge in [0.15, 0.2) is 11.3 Å². The van der Waals surface area contributed by atoms with Crippen molar-refractivity contribution in [3.63, 3.8) is 0 Å². The normalized spacial score (nSPS) is 15.7. The van der Waals surface area contributed by atoms with Gasteiger partial charge in [-0.1, -0.05) is 20.8 Å². The first-order valence-corrected chi connectivity index (χ1v) is 10.0. The molecule has 0 bridgehead atoms. The van der Waals surface area contributed by atoms with Crippen molar-refractivity contribution in [2.24, 2.45) is 12.5 Å². The van der Waals surface area contributed by atoms with E-state index in [1.807, 2.05) is 6.07 Å². The Morgan fingerprint density at radius 2 is 2.03 bits per heavy atom. The average molecular weight is 422 g/mol. The van der Waals surface area contributed by atoms with E-state index in [1.54, 1.807) is 58.4 Å². The van der Waals surface area contributed by atoms with Gasteiger partial charge in [-0.3, -0.25) is 0 Å². The Kier molecular flexibility index (Phi) is 3.43. The summed E-state index contributed by atoms with van der Waals surface area (Å²) in [6, 6.07) is 7.76. The van der Waals surface area contributed by atoms with Gasteiger partial charge in [0.25, 0.3) is 0 Å². The summed E-state index contributed by atoms with van der Waals surface area (Å²) in [5.74, 6) is -0.532. The summed E-state index contributed by atoms with van der Waals surface area (Å²) in [5, 5.41) is 9.93. The van der Waals surface area contributed by atoms with Crippen molar-refractivity contribution >= 4 is 21.9 Å². The van der Waals surface area contributed by atoms with E-state index in [9.17, 15) is 6.63 Å². The summed E-state index contributed by atoms with van der Waals surface area (Å²) in [7, 11) is 1.61. The van der Waals surface area contributed by atoms with E-state index in [-0.39, 0.29) is 39.5 Å². The Bertz CT molecular complexity index is 1640. The number of aromatic nitrogens is 1. The highest BCUT2D eigenvalue weighted by molar-refractivity contribution is 6.10. The molecule has 0 saturated carbocycles. The predicted octanol–water partition coefficient (Wildman–Crippen LogP) is 6.60. The van der Waals surface area contributed by atoms with Crippen molar-refractivity contribution in [3.8, 4) is 17.3 Å². The molecule has 158 valence electrons. The molecule has 31 heavy (non-hydrogen) atoms. The number of pyridine rings is 1. The molecule has 0 fully saturated rings. The van der Waals surface area contributed by atoms with Crippen molar-refractivity contribution in [1.82, 2.24) is 0 Å². The quantitative estimate of drug-likeness (QED) is 0.342. The largest absolute Gasteiger partial charge is 0.455 e. The topological polar surface area (TPSA) is 40.8 Å². The van der Waals surface area contributed by atoms with Gasteiger partial charge in [0.05, 0.1) is 24.0 Å². The number of rotatable bonds is 2. The maximum Gasteiger partial charge on any atom is 0.216 e. The standard InChI is InChI=1S/C27H28FN2O/c1-15-10-21(28)25-20-9-8-18(14-29)11-23(20)31-26(25)24(15)22-12-19(13-27(4,5)6)16(2)17(3)30(22)7/h8-12H,13H2,1-7H3/q+1/i2D3,12D,13D2. The molecule has 0 N–H and O–H groups in total. The minimum atomic E-state index is -2.68. The summed E-state index contributed by atoms with van der Waals surface area (Å²) in [4.78, 5) is 0. The number of hydrogen-bond acceptors (Lipinski definition) is 2. The molecule has 4 aromatic rings. The lowest BCUT2D eigenvalue weighted by Gasteiger charge is -2.20. The second-order valence-electron chi connectivity index (χ2n) is 8.92. The summed E-state index contributed by atoms with van der Waals surface area (Å²) in [5.41, 5.74) is 0.632. The van der Waals surface area contributed by atoms with Gasteiger partial charge < -0.3 is 4.42 Å². The molecule has 2 heterocycles. The van der Waals surface area contributed by atoms with Crippen LogP contribution in [-0.4, -0.2) is 0 Å². The number of nitrogens with zero attached hydrogens (tertiary/aromatic N) is 2. The molecule has 0 radical (unpaired) electrons. The molecule has 0 amide bonds. The molecule has 2 aromatic carbocycles. The fourth-order valence-electron chi connectivity index (χ4n) is 3.87. The predicted molar refractivity (Wildman–Crippen MR) is 122 cm³/mol. The lowest BCUT2D eigenvalue weighted by molar-refractivity contribution is -0.667. The smallest absolute Gasteiger partial charge is 0.216 e. The van der Waals surface area contributed by atoms with E-state index in [4.69, 9.17) is 11.3 Å². The number of fused-ring (bicyclic) bond motifs is 3. The van der Waals surface area contributed by atoms with E-state index < -0.39 is 24.5 Å². The van der Waals surface area contributed by atoms with Crippen LogP contribution in [0.1, 0.15) is 56.9 Å². The second kappa shape index (κ2) is 7.20. The van der Waals surface area contributed by atoms with Gasteiger partial charge >= 0.3 is 0 Å². The molecule has 4 heteroatoms. The second-order valence-corrected chi connectivity index (χ2v) is 8.92. The van der Waals surface area contributed by atoms with Crippen LogP contribution >= 0.6 is 0 Å². The third-order valence-corrected chi connectivity index (χ3v) is 5.45. The van der Waals surface area contributed by atoms with Crippen molar-refractivity contribution in [2.75, 3.05) is 0 Å². The van der Waals surface area contributed by atoms with E-state index in [2.05, 4.69) is 0 Å². The van der Waals surface area contributed by atoms with Crippen LogP contribution in [-0.2, 0) is 13.4 Å². The molecule has 0 saturated heterocycles. The number of hydrogen-bond donors (Lipinski definition) is 0. The molecule has 0 spiro atoms. The van der Waals surface area contributed by atoms with Crippen LogP contribution in [0.25, 0.3) is 33.2 Å². The zero-order valence-corrected chi connectivity index (χ0v) is 18.5. The molecule has 0 aliphatic rings. The SMILES string of the molecule is [2H]c1c(C([2H])([2H])C(C)(C)C)c(C([2H])([2H])[2H])c(C)[n+](C)c1-c1c(C)cc(F)c2c1oc1cc(C#N)ccc12. The molecule has 2 aromatic heterocycles. The first-order valence-electron chi connectivity index (χ1n) is 13.0. The van der Waals surface area contributed by atoms with Crippen molar-refractivity contribution in [1.29, 1.82) is 5.26 Å². The zero-order chi connectivity index (χ0) is 27.8. The van der Waals surface area contributed by atoms with Gasteiger partial charge in [0.1, 0.15) is 18.4 Å². The van der Waals surface area contributed by atoms with Crippen LogP contribution in [0.2, 0.25) is 0 Å². The van der Waals surface area contributed by atoms with Gasteiger partial charge in [-0.05, 0) is 61.0 Å². The zero-order valence-electron chi connectivity index (χ0n) is 24.5. The third-order valence-electron chi connectivity index (χ3n) is 5.45. The van der Waals surface area contributed by atoms with Crippen LogP contribution in [0.5, 0.6) is 0 Å². The molecule has 0 aliphatic heterocycles. The number of aryl methyl sites for hydroxylation is 1. The van der Waals surface area contributed by atoms with Gasteiger partial charge in [-0.25, -0.2) is 4.39 Å². The molecular weight excluding hydrogens is 387 g/mol. The fraction of sp³-hybridized carbons (Fsp3) is 0.333. The van der Waals surface area contributed by atoms with Crippen molar-refractivity contribution in [3.05, 3.63) is 64.1 Å². The van der Waals surface area contributed by atoms with E-state index in [0.717, 1.165) is 0 Å². The molecule has 4 rings (SSSR count). The maximum absolute atomic E-state index is 15.3. The van der Waals surface area contributed by atoms with Gasteiger partial charge in [-0.2, -0.15) is 9.83 Å². The third kappa shape index (κ3) is 3.49. The van der Waals surface area contributed by atoms with Crippen molar-refractivity contribution < 1.29 is 21.6 Å². The fourth-order valence-corrected chi connectivity index (χ4v) is 3.87. The summed E-state index contributed by atoms with van der Waals surface area (Å²) in [6.07, 6.45) is -2.19. The number of furan rings is 1. The first kappa shape index (κ1) is 14.8. The molecule has 3 nitrogen and oxygen atoms in total. The minimum Gasteiger partial charge on any atom is -0.455 e. The summed E-state index contributed by atoms with van der Waals surface area (Å²) in [6.45, 7) is 5.54. The Morgan fingerprint density at radius 3 is 2.68 bits per heavy atom. The summed E-state index contributed by atoms with van der Waals surface area (Å²) >= 11 is 0. The Balaban J connectivity index is 2.26. The lowest BCUT2D eigenvalue weighted by Crippen LogP contribution is -2.36. The van der Waals surface area contributed by atoms with E-state index >= 15 is 4.39 Å². The van der Waals surface area contributed by atoms with Crippen molar-refractivity contribution in [2.45, 2.75) is 47.8 Å². The average Bonchev–Trinajstić information content (AvgIpc) is 3.15. The van der Waals surface area contributed by atoms with Gasteiger partial charge in [-0.15, -0.1) is 0 Å². The van der Waals surface area contributed by atoms with Crippen LogP contribution < -0.4 is 4.57 Å². The van der Waals surface area contributed by atoms with Gasteiger partial charge in [0, 0.05) is 30.8 Å². The maximum atomic E-state index is 15.3. The van der Waals surface area contributed by atoms with Crippen LogP contribution in [0.3, 0.4) is 0 Å². The van der Waals surface area contributed by atoms with E-state index in [0.29, 0.717) is 27.7 Å². The summed E-state index contributed by atoms with van der Waals surface area (Å²) < 4.78 is 74.7. The molecule has 0 atom stereocenters. The Hall–Kier alpha value is -3.19. The minimum absolute atomic E-state index is 0.148. The highest BCUT2D eigenvalue weighted by atomic mass is 19.1. The lowest BCUT2D eigenvalue weighted by atomic mass is 9.85. The highest BCUT2D eigenvalue weighted by Gasteiger charge is 2.27. The number of benzene rings is 2. The number of nitriles is 1. The Morgan fingerprint density at radius 1 is 1.29 bits per heavy atom. The Labute approximate surface area is 191 Å². The number of halogens is 1. The molecule has 0 aliphatic carbocycles. The molecular formula is C27H28FN2O+. The monoisotopic (exact) mass is 421 g/mol. The van der Waals surface area contributed by atoms with Crippen LogP contribution in [0.4, 0.5) is 4.39 Å². The first-order chi connectivity index (χ1) is 16.9.